The molecule has 0 bridgehead atoms. The first kappa shape index (κ1) is 9.48. The summed E-state index contributed by atoms with van der Waals surface area (Å²) in [6.45, 7) is 1.96. The quantitative estimate of drug-likeness (QED) is 0.848. The van der Waals surface area contributed by atoms with Crippen LogP contribution in [0.4, 0.5) is 5.82 Å². The smallest absolute Gasteiger partial charge is 0.137 e. The van der Waals surface area contributed by atoms with Crippen molar-refractivity contribution in [3.8, 4) is 0 Å². The Morgan fingerprint density at radius 3 is 2.83 bits per heavy atom. The zero-order chi connectivity index (χ0) is 9.14. The monoisotopic (exact) mass is 230 g/mol. The predicted molar refractivity (Wildman–Crippen MR) is 51.8 cm³/mol. The minimum atomic E-state index is 0.0504. The van der Waals surface area contributed by atoms with Crippen LogP contribution in [0.25, 0.3) is 0 Å². The first-order valence-electron chi connectivity index (χ1n) is 3.59. The van der Waals surface area contributed by atoms with Gasteiger partial charge in [-0.2, -0.15) is 0 Å². The molecule has 0 saturated heterocycles. The molecule has 2 N–H and O–H groups in total. The molecule has 1 aromatic rings. The molecular formula is C8H11BrN2O. The van der Waals surface area contributed by atoms with Crippen molar-refractivity contribution >= 4 is 21.7 Å². The number of aromatic nitrogens is 1. The third kappa shape index (κ3) is 1.95. The predicted octanol–water partition coefficient (Wildman–Crippen LogP) is 2.13. The van der Waals surface area contributed by atoms with E-state index >= 15 is 0 Å². The van der Waals surface area contributed by atoms with E-state index < -0.39 is 0 Å². The van der Waals surface area contributed by atoms with Gasteiger partial charge >= 0.3 is 0 Å². The van der Waals surface area contributed by atoms with Gasteiger partial charge in [-0.25, -0.2) is 4.98 Å². The lowest BCUT2D eigenvalue weighted by Gasteiger charge is -2.09. The average Bonchev–Trinajstić information content (AvgIpc) is 2.08. The first-order chi connectivity index (χ1) is 5.65. The maximum Gasteiger partial charge on any atom is 0.137 e. The van der Waals surface area contributed by atoms with E-state index in [0.29, 0.717) is 5.82 Å². The van der Waals surface area contributed by atoms with Crippen molar-refractivity contribution in [3.63, 3.8) is 0 Å². The minimum absolute atomic E-state index is 0.0504. The maximum absolute atomic E-state index is 5.53. The Hall–Kier alpha value is -0.610. The number of hydrogen-bond acceptors (Lipinski definition) is 3. The number of halogens is 1. The normalized spacial score (nSPS) is 12.9. The highest BCUT2D eigenvalue weighted by Gasteiger charge is 2.05. The van der Waals surface area contributed by atoms with E-state index in [2.05, 4.69) is 20.9 Å². The molecule has 12 heavy (non-hydrogen) atoms. The number of nitrogens with zero attached hydrogens (tertiary/aromatic N) is 1. The molecule has 0 aliphatic heterocycles. The summed E-state index contributed by atoms with van der Waals surface area (Å²) in [6.07, 6.45) is 1.77. The van der Waals surface area contributed by atoms with Gasteiger partial charge in [-0.05, 0) is 28.9 Å². The molecule has 0 aromatic carbocycles. The van der Waals surface area contributed by atoms with Gasteiger partial charge in [0.2, 0.25) is 0 Å². The molecule has 0 aliphatic carbocycles. The lowest BCUT2D eigenvalue weighted by Crippen LogP contribution is -1.99. The standard InChI is InChI=1S/C8H11BrN2O/c1-5(12-2)6-3-7(9)8(10)11-4-6/h3-5H,1-2H3,(H2,10,11). The second kappa shape index (κ2) is 3.87. The van der Waals surface area contributed by atoms with Gasteiger partial charge < -0.3 is 10.5 Å². The molecule has 0 fully saturated rings. The number of anilines is 1. The van der Waals surface area contributed by atoms with E-state index in [-0.39, 0.29) is 6.10 Å². The molecule has 1 rings (SSSR count). The minimum Gasteiger partial charge on any atom is -0.383 e. The van der Waals surface area contributed by atoms with E-state index in [1.54, 1.807) is 13.3 Å². The second-order valence-corrected chi connectivity index (χ2v) is 3.37. The molecule has 0 aliphatic rings. The fourth-order valence-electron chi connectivity index (χ4n) is 0.822. The summed E-state index contributed by atoms with van der Waals surface area (Å²) in [4.78, 5) is 4.00. The molecule has 3 nitrogen and oxygen atoms in total. The number of ether oxygens (including phenoxy) is 1. The summed E-state index contributed by atoms with van der Waals surface area (Å²) in [5.74, 6) is 0.502. The van der Waals surface area contributed by atoms with Crippen LogP contribution in [0.3, 0.4) is 0 Å². The molecule has 4 heteroatoms. The van der Waals surface area contributed by atoms with Gasteiger partial charge in [0.25, 0.3) is 0 Å². The van der Waals surface area contributed by atoms with Crippen LogP contribution < -0.4 is 5.73 Å². The molecule has 1 heterocycles. The van der Waals surface area contributed by atoms with Gasteiger partial charge in [-0.3, -0.25) is 0 Å². The molecule has 1 atom stereocenters. The second-order valence-electron chi connectivity index (χ2n) is 2.51. The van der Waals surface area contributed by atoms with Crippen LogP contribution in [0.1, 0.15) is 18.6 Å². The third-order valence-electron chi connectivity index (χ3n) is 1.71. The molecule has 1 unspecified atom stereocenters. The fourth-order valence-corrected chi connectivity index (χ4v) is 1.19. The summed E-state index contributed by atoms with van der Waals surface area (Å²) in [7, 11) is 1.66. The highest BCUT2D eigenvalue weighted by molar-refractivity contribution is 9.10. The highest BCUT2D eigenvalue weighted by atomic mass is 79.9. The van der Waals surface area contributed by atoms with Crippen LogP contribution in [-0.2, 0) is 4.74 Å². The number of hydrogen-bond donors (Lipinski definition) is 1. The zero-order valence-electron chi connectivity index (χ0n) is 7.04. The highest BCUT2D eigenvalue weighted by Crippen LogP contribution is 2.22. The van der Waals surface area contributed by atoms with Gasteiger partial charge in [0.05, 0.1) is 10.6 Å². The Balaban J connectivity index is 2.96. The lowest BCUT2D eigenvalue weighted by atomic mass is 10.2. The lowest BCUT2D eigenvalue weighted by molar-refractivity contribution is 0.119. The number of nitrogen functional groups attached to an aromatic ring is 1. The van der Waals surface area contributed by atoms with E-state index in [0.717, 1.165) is 10.0 Å². The van der Waals surface area contributed by atoms with Crippen LogP contribution in [-0.4, -0.2) is 12.1 Å². The Kier molecular flexibility index (Phi) is 3.05. The topological polar surface area (TPSA) is 48.1 Å². The Morgan fingerprint density at radius 1 is 1.67 bits per heavy atom. The summed E-state index contributed by atoms with van der Waals surface area (Å²) >= 11 is 3.30. The van der Waals surface area contributed by atoms with Crippen LogP contribution in [0.5, 0.6) is 0 Å². The molecule has 0 spiro atoms. The first-order valence-corrected chi connectivity index (χ1v) is 4.38. The van der Waals surface area contributed by atoms with Crippen molar-refractivity contribution in [1.29, 1.82) is 0 Å². The van der Waals surface area contributed by atoms with Gasteiger partial charge in [-0.15, -0.1) is 0 Å². The van der Waals surface area contributed by atoms with Crippen molar-refractivity contribution < 1.29 is 4.74 Å². The van der Waals surface area contributed by atoms with Crippen molar-refractivity contribution in [3.05, 3.63) is 22.3 Å². The third-order valence-corrected chi connectivity index (χ3v) is 2.35. The summed E-state index contributed by atoms with van der Waals surface area (Å²) in [6, 6.07) is 1.91. The van der Waals surface area contributed by atoms with E-state index in [4.69, 9.17) is 10.5 Å². The van der Waals surface area contributed by atoms with Crippen molar-refractivity contribution in [1.82, 2.24) is 4.98 Å². The molecule has 0 amide bonds. The van der Waals surface area contributed by atoms with E-state index in [9.17, 15) is 0 Å². The van der Waals surface area contributed by atoms with E-state index in [1.165, 1.54) is 0 Å². The largest absolute Gasteiger partial charge is 0.383 e. The number of methoxy groups -OCH3 is 1. The van der Waals surface area contributed by atoms with Gasteiger partial charge in [-0.1, -0.05) is 0 Å². The molecule has 0 saturated carbocycles. The Labute approximate surface area is 80.1 Å². The summed E-state index contributed by atoms with van der Waals surface area (Å²) < 4.78 is 5.94. The van der Waals surface area contributed by atoms with Crippen molar-refractivity contribution in [2.75, 3.05) is 12.8 Å². The fraction of sp³-hybridized carbons (Fsp3) is 0.375. The molecule has 1 aromatic heterocycles. The van der Waals surface area contributed by atoms with E-state index in [1.807, 2.05) is 13.0 Å². The molecule has 66 valence electrons. The summed E-state index contributed by atoms with van der Waals surface area (Å²) in [5.41, 5.74) is 6.54. The van der Waals surface area contributed by atoms with Crippen molar-refractivity contribution in [2.24, 2.45) is 0 Å². The molecule has 0 radical (unpaired) electrons. The maximum atomic E-state index is 5.53. The SMILES string of the molecule is COC(C)c1cnc(N)c(Br)c1. The van der Waals surface area contributed by atoms with Gasteiger partial charge in [0, 0.05) is 18.9 Å². The Bertz CT molecular complexity index is 278. The van der Waals surface area contributed by atoms with Crippen LogP contribution >= 0.6 is 15.9 Å². The molecular weight excluding hydrogens is 220 g/mol. The number of pyridine rings is 1. The number of nitrogens with two attached hydrogens (primary N) is 1. The zero-order valence-corrected chi connectivity index (χ0v) is 8.63. The van der Waals surface area contributed by atoms with Crippen LogP contribution in [0.2, 0.25) is 0 Å². The van der Waals surface area contributed by atoms with Crippen LogP contribution in [0.15, 0.2) is 16.7 Å². The Morgan fingerprint density at radius 2 is 2.33 bits per heavy atom. The van der Waals surface area contributed by atoms with Crippen molar-refractivity contribution in [2.45, 2.75) is 13.0 Å². The van der Waals surface area contributed by atoms with Gasteiger partial charge in [0.15, 0.2) is 0 Å². The van der Waals surface area contributed by atoms with Crippen LogP contribution in [0, 0.1) is 0 Å². The van der Waals surface area contributed by atoms with Gasteiger partial charge in [0.1, 0.15) is 5.82 Å². The summed E-state index contributed by atoms with van der Waals surface area (Å²) in [5, 5.41) is 0. The average molecular weight is 231 g/mol. The number of rotatable bonds is 2.